The Morgan fingerprint density at radius 2 is 1.89 bits per heavy atom. The van der Waals surface area contributed by atoms with Crippen molar-refractivity contribution in [3.8, 4) is 11.3 Å². The molecular formula is C20H18F2N6. The zero-order valence-corrected chi connectivity index (χ0v) is 15.6. The Kier molecular flexibility index (Phi) is 4.46. The van der Waals surface area contributed by atoms with E-state index in [1.54, 1.807) is 30.6 Å². The number of aromatic nitrogens is 5. The smallest absolute Gasteiger partial charge is 0.227 e. The van der Waals surface area contributed by atoms with E-state index in [1.165, 1.54) is 6.07 Å². The summed E-state index contributed by atoms with van der Waals surface area (Å²) in [5, 5.41) is 2.96. The van der Waals surface area contributed by atoms with Gasteiger partial charge < -0.3 is 9.88 Å². The summed E-state index contributed by atoms with van der Waals surface area (Å²) in [7, 11) is 0. The largest absolute Gasteiger partial charge is 0.326 e. The molecule has 0 aliphatic rings. The molecule has 0 aliphatic heterocycles. The maximum Gasteiger partial charge on any atom is 0.227 e. The van der Waals surface area contributed by atoms with Gasteiger partial charge in [0, 0.05) is 17.8 Å². The number of halogens is 2. The minimum absolute atomic E-state index is 0.0105. The number of hydrogen-bond acceptors (Lipinski definition) is 5. The van der Waals surface area contributed by atoms with E-state index in [4.69, 9.17) is 0 Å². The lowest BCUT2D eigenvalue weighted by Gasteiger charge is -2.12. The first-order valence-electron chi connectivity index (χ1n) is 8.82. The molecule has 6 nitrogen and oxygen atoms in total. The Hall–Kier alpha value is -3.42. The van der Waals surface area contributed by atoms with Crippen molar-refractivity contribution in [1.29, 1.82) is 0 Å². The predicted octanol–water partition coefficient (Wildman–Crippen LogP) is 4.80. The van der Waals surface area contributed by atoms with Crippen molar-refractivity contribution in [3.63, 3.8) is 0 Å². The highest BCUT2D eigenvalue weighted by molar-refractivity contribution is 5.83. The van der Waals surface area contributed by atoms with E-state index in [0.717, 1.165) is 6.20 Å². The van der Waals surface area contributed by atoms with Gasteiger partial charge in [0.15, 0.2) is 11.6 Å². The van der Waals surface area contributed by atoms with E-state index in [2.05, 4.69) is 25.3 Å². The van der Waals surface area contributed by atoms with Gasteiger partial charge in [-0.3, -0.25) is 4.98 Å². The number of rotatable bonds is 4. The first-order valence-corrected chi connectivity index (χ1v) is 8.82. The van der Waals surface area contributed by atoms with Crippen LogP contribution in [0, 0.1) is 18.6 Å². The van der Waals surface area contributed by atoms with Crippen LogP contribution in [0.5, 0.6) is 0 Å². The van der Waals surface area contributed by atoms with Crippen LogP contribution in [0.3, 0.4) is 0 Å². The summed E-state index contributed by atoms with van der Waals surface area (Å²) in [4.78, 5) is 16.5. The molecule has 0 aliphatic carbocycles. The van der Waals surface area contributed by atoms with Gasteiger partial charge >= 0.3 is 0 Å². The van der Waals surface area contributed by atoms with Crippen LogP contribution in [0.2, 0.25) is 0 Å². The van der Waals surface area contributed by atoms with E-state index in [1.807, 2.05) is 25.3 Å². The number of aryl methyl sites for hydroxylation is 1. The quantitative estimate of drug-likeness (QED) is 0.551. The molecule has 28 heavy (non-hydrogen) atoms. The third-order valence-electron chi connectivity index (χ3n) is 4.38. The van der Waals surface area contributed by atoms with Gasteiger partial charge in [-0.2, -0.15) is 0 Å². The Morgan fingerprint density at radius 1 is 1.07 bits per heavy atom. The van der Waals surface area contributed by atoms with E-state index >= 15 is 0 Å². The lowest BCUT2D eigenvalue weighted by molar-refractivity contribution is 0.600. The molecule has 3 aromatic heterocycles. The molecular weight excluding hydrogens is 362 g/mol. The van der Waals surface area contributed by atoms with Crippen LogP contribution in [-0.4, -0.2) is 24.5 Å². The summed E-state index contributed by atoms with van der Waals surface area (Å²) >= 11 is 0. The molecule has 1 N–H and O–H groups in total. The Morgan fingerprint density at radius 3 is 2.61 bits per heavy atom. The van der Waals surface area contributed by atoms with Gasteiger partial charge in [0.25, 0.3) is 0 Å². The number of imidazole rings is 1. The van der Waals surface area contributed by atoms with Crippen molar-refractivity contribution < 1.29 is 8.78 Å². The van der Waals surface area contributed by atoms with Crippen LogP contribution in [0.1, 0.15) is 25.7 Å². The molecule has 3 heterocycles. The normalized spacial score (nSPS) is 11.4. The van der Waals surface area contributed by atoms with E-state index in [0.29, 0.717) is 22.6 Å². The minimum Gasteiger partial charge on any atom is -0.326 e. The Bertz CT molecular complexity index is 1150. The minimum atomic E-state index is -0.636. The van der Waals surface area contributed by atoms with Crippen LogP contribution in [0.25, 0.3) is 22.3 Å². The summed E-state index contributed by atoms with van der Waals surface area (Å²) in [6.07, 6.45) is 4.30. The number of hydrogen-bond donors (Lipinski definition) is 1. The van der Waals surface area contributed by atoms with Gasteiger partial charge in [-0.1, -0.05) is 0 Å². The first kappa shape index (κ1) is 18.0. The summed E-state index contributed by atoms with van der Waals surface area (Å²) in [5.41, 5.74) is 1.85. The first-order chi connectivity index (χ1) is 13.4. The predicted molar refractivity (Wildman–Crippen MR) is 103 cm³/mol. The molecule has 4 rings (SSSR count). The molecule has 0 atom stereocenters. The van der Waals surface area contributed by atoms with E-state index < -0.39 is 11.6 Å². The number of pyridine rings is 1. The molecule has 8 heteroatoms. The molecule has 142 valence electrons. The van der Waals surface area contributed by atoms with Crippen molar-refractivity contribution in [3.05, 3.63) is 60.3 Å². The lowest BCUT2D eigenvalue weighted by atomic mass is 10.1. The van der Waals surface area contributed by atoms with Crippen molar-refractivity contribution >= 4 is 22.7 Å². The van der Waals surface area contributed by atoms with Crippen molar-refractivity contribution in [2.45, 2.75) is 26.8 Å². The third kappa shape index (κ3) is 3.17. The topological polar surface area (TPSA) is 68.5 Å². The third-order valence-corrected chi connectivity index (χ3v) is 4.38. The number of fused-ring (bicyclic) bond motifs is 1. The summed E-state index contributed by atoms with van der Waals surface area (Å²) in [6, 6.07) is 6.58. The van der Waals surface area contributed by atoms with Gasteiger partial charge in [0.1, 0.15) is 17.0 Å². The molecule has 0 fully saturated rings. The SMILES string of the molecule is Cc1nc2c(F)cc(-c3nc(Nc4cccnc4)ncc3F)cc2n1C(C)C. The fraction of sp³-hybridized carbons (Fsp3) is 0.200. The monoisotopic (exact) mass is 380 g/mol. The van der Waals surface area contributed by atoms with Crippen LogP contribution in [-0.2, 0) is 0 Å². The zero-order valence-electron chi connectivity index (χ0n) is 15.6. The maximum absolute atomic E-state index is 14.7. The summed E-state index contributed by atoms with van der Waals surface area (Å²) in [6.45, 7) is 5.79. The van der Waals surface area contributed by atoms with Crippen LogP contribution >= 0.6 is 0 Å². The van der Waals surface area contributed by atoms with Crippen LogP contribution in [0.4, 0.5) is 20.4 Å². The lowest BCUT2D eigenvalue weighted by Crippen LogP contribution is -2.03. The fourth-order valence-electron chi connectivity index (χ4n) is 3.25. The second-order valence-corrected chi connectivity index (χ2v) is 6.71. The summed E-state index contributed by atoms with van der Waals surface area (Å²) in [5.74, 6) is -0.265. The van der Waals surface area contributed by atoms with Gasteiger partial charge in [-0.15, -0.1) is 0 Å². The molecule has 4 aromatic rings. The van der Waals surface area contributed by atoms with Crippen molar-refractivity contribution in [1.82, 2.24) is 24.5 Å². The molecule has 0 unspecified atom stereocenters. The molecule has 0 saturated carbocycles. The average molecular weight is 380 g/mol. The molecule has 0 spiro atoms. The number of nitrogens with zero attached hydrogens (tertiary/aromatic N) is 5. The highest BCUT2D eigenvalue weighted by atomic mass is 19.1. The average Bonchev–Trinajstić information content (AvgIpc) is 3.01. The molecule has 0 bridgehead atoms. The Labute approximate surface area is 160 Å². The second-order valence-electron chi connectivity index (χ2n) is 6.71. The standard InChI is InChI=1S/C20H18F2N6/c1-11(2)28-12(3)25-19-15(21)7-13(8-17(19)28)18-16(22)10-24-20(27-18)26-14-5-4-6-23-9-14/h4-11H,1-3H3,(H,24,26,27). The summed E-state index contributed by atoms with van der Waals surface area (Å²) < 4.78 is 31.1. The van der Waals surface area contributed by atoms with Gasteiger partial charge in [0.05, 0.1) is 23.6 Å². The fourth-order valence-corrected chi connectivity index (χ4v) is 3.25. The molecule has 0 amide bonds. The molecule has 0 radical (unpaired) electrons. The molecule has 0 saturated heterocycles. The van der Waals surface area contributed by atoms with Crippen molar-refractivity contribution in [2.24, 2.45) is 0 Å². The maximum atomic E-state index is 14.7. The van der Waals surface area contributed by atoms with E-state index in [-0.39, 0.29) is 23.2 Å². The van der Waals surface area contributed by atoms with E-state index in [9.17, 15) is 8.78 Å². The number of benzene rings is 1. The van der Waals surface area contributed by atoms with Crippen molar-refractivity contribution in [2.75, 3.05) is 5.32 Å². The highest BCUT2D eigenvalue weighted by Crippen LogP contribution is 2.30. The Balaban J connectivity index is 1.83. The van der Waals surface area contributed by atoms with Gasteiger partial charge in [0.2, 0.25) is 5.95 Å². The van der Waals surface area contributed by atoms with Crippen LogP contribution < -0.4 is 5.32 Å². The van der Waals surface area contributed by atoms with Gasteiger partial charge in [-0.25, -0.2) is 23.7 Å². The second kappa shape index (κ2) is 6.95. The molecule has 1 aromatic carbocycles. The number of anilines is 2. The highest BCUT2D eigenvalue weighted by Gasteiger charge is 2.18. The van der Waals surface area contributed by atoms with Crippen LogP contribution in [0.15, 0.2) is 42.9 Å². The number of nitrogens with one attached hydrogen (secondary N) is 1. The zero-order chi connectivity index (χ0) is 19.8. The van der Waals surface area contributed by atoms with Gasteiger partial charge in [-0.05, 0) is 45.0 Å².